The summed E-state index contributed by atoms with van der Waals surface area (Å²) in [5.41, 5.74) is 3.17. The van der Waals surface area contributed by atoms with Crippen molar-refractivity contribution in [3.8, 4) is 0 Å². The Morgan fingerprint density at radius 2 is 1.56 bits per heavy atom. The molecule has 1 N–H and O–H groups in total. The van der Waals surface area contributed by atoms with Crippen molar-refractivity contribution in [2.75, 3.05) is 13.1 Å². The molecule has 0 aliphatic carbocycles. The molecule has 0 saturated carbocycles. The number of nitrogens with one attached hydrogen (secondary N) is 1. The number of carbonyl (C=O) groups excluding carboxylic acids is 2. The third-order valence-electron chi connectivity index (χ3n) is 6.43. The highest BCUT2D eigenvalue weighted by Crippen LogP contribution is 2.30. The summed E-state index contributed by atoms with van der Waals surface area (Å²) in [4.78, 5) is 32.6. The van der Waals surface area contributed by atoms with Crippen molar-refractivity contribution in [1.29, 1.82) is 0 Å². The van der Waals surface area contributed by atoms with Crippen molar-refractivity contribution in [2.45, 2.75) is 31.2 Å². The summed E-state index contributed by atoms with van der Waals surface area (Å²) < 4.78 is 5.95. The van der Waals surface area contributed by atoms with Crippen LogP contribution in [-0.4, -0.2) is 34.8 Å². The van der Waals surface area contributed by atoms with Gasteiger partial charge in [0, 0.05) is 24.6 Å². The summed E-state index contributed by atoms with van der Waals surface area (Å²) in [6, 6.07) is 26.1. The predicted molar refractivity (Wildman–Crippen MR) is 130 cm³/mol. The number of nitrogens with zero attached hydrogens (tertiary/aromatic N) is 2. The molecular formula is C28H27N3O3. The Kier molecular flexibility index (Phi) is 6.38. The Bertz CT molecular complexity index is 1230. The van der Waals surface area contributed by atoms with Crippen LogP contribution >= 0.6 is 0 Å². The van der Waals surface area contributed by atoms with Crippen LogP contribution in [-0.2, 0) is 4.79 Å². The van der Waals surface area contributed by atoms with Gasteiger partial charge in [0.25, 0.3) is 5.91 Å². The van der Waals surface area contributed by atoms with Gasteiger partial charge in [-0.1, -0.05) is 60.7 Å². The number of piperidine rings is 1. The van der Waals surface area contributed by atoms with Crippen LogP contribution in [0.4, 0.5) is 0 Å². The number of carbonyl (C=O) groups is 2. The summed E-state index contributed by atoms with van der Waals surface area (Å²) >= 11 is 0. The Balaban J connectivity index is 1.24. The van der Waals surface area contributed by atoms with Gasteiger partial charge in [-0.05, 0) is 42.7 Å². The minimum atomic E-state index is -0.392. The molecule has 1 aliphatic rings. The van der Waals surface area contributed by atoms with E-state index in [2.05, 4.69) is 10.3 Å². The van der Waals surface area contributed by atoms with Gasteiger partial charge in [-0.15, -0.1) is 0 Å². The van der Waals surface area contributed by atoms with Crippen LogP contribution in [0.5, 0.6) is 0 Å². The van der Waals surface area contributed by atoms with E-state index in [4.69, 9.17) is 4.42 Å². The van der Waals surface area contributed by atoms with Crippen molar-refractivity contribution in [3.05, 3.63) is 102 Å². The molecule has 5 rings (SSSR count). The molecule has 1 saturated heterocycles. The van der Waals surface area contributed by atoms with Crippen LogP contribution in [0.15, 0.2) is 89.3 Å². The molecule has 0 bridgehead atoms. The second-order valence-electron chi connectivity index (χ2n) is 8.68. The van der Waals surface area contributed by atoms with E-state index in [-0.39, 0.29) is 24.2 Å². The molecule has 6 nitrogen and oxygen atoms in total. The van der Waals surface area contributed by atoms with Gasteiger partial charge in [0.2, 0.25) is 5.91 Å². The quantitative estimate of drug-likeness (QED) is 0.441. The number of hydrogen-bond acceptors (Lipinski definition) is 4. The van der Waals surface area contributed by atoms with E-state index in [9.17, 15) is 9.59 Å². The van der Waals surface area contributed by atoms with Crippen LogP contribution in [0.1, 0.15) is 53.0 Å². The molecule has 2 amide bonds. The fourth-order valence-electron chi connectivity index (χ4n) is 4.51. The molecule has 0 radical (unpaired) electrons. The number of para-hydroxylation sites is 2. The van der Waals surface area contributed by atoms with E-state index in [1.165, 1.54) is 0 Å². The number of aromatic nitrogens is 1. The molecule has 3 aromatic carbocycles. The van der Waals surface area contributed by atoms with Gasteiger partial charge < -0.3 is 14.6 Å². The van der Waals surface area contributed by atoms with Crippen molar-refractivity contribution in [1.82, 2.24) is 15.2 Å². The molecule has 1 atom stereocenters. The van der Waals surface area contributed by atoms with Crippen molar-refractivity contribution in [2.24, 2.45) is 0 Å². The SMILES string of the molecule is O=C(NC(CC(=O)N1CCC(c2nc3ccccc3o2)CC1)c1ccccc1)c1ccccc1. The number of rotatable bonds is 6. The first kappa shape index (κ1) is 21.9. The molecule has 1 unspecified atom stereocenters. The van der Waals surface area contributed by atoms with E-state index in [1.54, 1.807) is 12.1 Å². The average Bonchev–Trinajstić information content (AvgIpc) is 3.34. The maximum absolute atomic E-state index is 13.2. The van der Waals surface area contributed by atoms with E-state index in [0.717, 1.165) is 35.4 Å². The van der Waals surface area contributed by atoms with Gasteiger partial charge in [0.15, 0.2) is 11.5 Å². The van der Waals surface area contributed by atoms with Crippen LogP contribution < -0.4 is 5.32 Å². The number of amides is 2. The zero-order valence-electron chi connectivity index (χ0n) is 18.9. The van der Waals surface area contributed by atoms with Gasteiger partial charge in [0.1, 0.15) is 5.52 Å². The largest absolute Gasteiger partial charge is 0.440 e. The topological polar surface area (TPSA) is 75.4 Å². The third kappa shape index (κ3) is 4.86. The third-order valence-corrected chi connectivity index (χ3v) is 6.43. The molecule has 0 spiro atoms. The van der Waals surface area contributed by atoms with Crippen molar-refractivity contribution >= 4 is 22.9 Å². The molecular weight excluding hydrogens is 426 g/mol. The Morgan fingerprint density at radius 1 is 0.912 bits per heavy atom. The number of hydrogen-bond donors (Lipinski definition) is 1. The fraction of sp³-hybridized carbons (Fsp3) is 0.250. The number of benzene rings is 3. The second kappa shape index (κ2) is 9.91. The first-order valence-electron chi connectivity index (χ1n) is 11.7. The van der Waals surface area contributed by atoms with Crippen LogP contribution in [0, 0.1) is 0 Å². The second-order valence-corrected chi connectivity index (χ2v) is 8.68. The lowest BCUT2D eigenvalue weighted by molar-refractivity contribution is -0.132. The Labute approximate surface area is 198 Å². The molecule has 172 valence electrons. The molecule has 1 fully saturated rings. The maximum Gasteiger partial charge on any atom is 0.251 e. The minimum absolute atomic E-state index is 0.0400. The molecule has 2 heterocycles. The van der Waals surface area contributed by atoms with Gasteiger partial charge >= 0.3 is 0 Å². The van der Waals surface area contributed by atoms with E-state index < -0.39 is 6.04 Å². The summed E-state index contributed by atoms with van der Waals surface area (Å²) in [7, 11) is 0. The average molecular weight is 454 g/mol. The summed E-state index contributed by atoms with van der Waals surface area (Å²) in [6.45, 7) is 1.30. The Morgan fingerprint density at radius 3 is 2.26 bits per heavy atom. The highest BCUT2D eigenvalue weighted by molar-refractivity contribution is 5.94. The lowest BCUT2D eigenvalue weighted by Gasteiger charge is -2.32. The summed E-state index contributed by atoms with van der Waals surface area (Å²) in [6.07, 6.45) is 1.84. The van der Waals surface area contributed by atoms with E-state index >= 15 is 0 Å². The van der Waals surface area contributed by atoms with Gasteiger partial charge in [-0.2, -0.15) is 0 Å². The van der Waals surface area contributed by atoms with Gasteiger partial charge in [-0.25, -0.2) is 4.98 Å². The van der Waals surface area contributed by atoms with Crippen LogP contribution in [0.2, 0.25) is 0 Å². The predicted octanol–water partition coefficient (Wildman–Crippen LogP) is 5.10. The summed E-state index contributed by atoms with van der Waals surface area (Å²) in [5.74, 6) is 0.819. The first-order chi connectivity index (χ1) is 16.7. The van der Waals surface area contributed by atoms with Crippen molar-refractivity contribution < 1.29 is 14.0 Å². The summed E-state index contributed by atoms with van der Waals surface area (Å²) in [5, 5.41) is 3.06. The lowest BCUT2D eigenvalue weighted by Crippen LogP contribution is -2.40. The highest BCUT2D eigenvalue weighted by Gasteiger charge is 2.29. The standard InChI is InChI=1S/C28H27N3O3/c32-26(31-17-15-22(16-18-31)28-30-23-13-7-8-14-25(23)34-28)19-24(20-9-3-1-4-10-20)29-27(33)21-11-5-2-6-12-21/h1-14,22,24H,15-19H2,(H,29,33). The van der Waals surface area contributed by atoms with Gasteiger partial charge in [0.05, 0.1) is 12.5 Å². The molecule has 1 aliphatic heterocycles. The van der Waals surface area contributed by atoms with Crippen LogP contribution in [0.3, 0.4) is 0 Å². The molecule has 4 aromatic rings. The smallest absolute Gasteiger partial charge is 0.251 e. The molecule has 34 heavy (non-hydrogen) atoms. The highest BCUT2D eigenvalue weighted by atomic mass is 16.3. The normalized spacial score (nSPS) is 15.2. The monoisotopic (exact) mass is 453 g/mol. The number of likely N-dealkylation sites (tertiary alicyclic amines) is 1. The fourth-order valence-corrected chi connectivity index (χ4v) is 4.51. The molecule has 1 aromatic heterocycles. The zero-order chi connectivity index (χ0) is 23.3. The zero-order valence-corrected chi connectivity index (χ0v) is 18.9. The minimum Gasteiger partial charge on any atom is -0.440 e. The molecule has 6 heteroatoms. The van der Waals surface area contributed by atoms with E-state index in [1.807, 2.05) is 77.7 Å². The van der Waals surface area contributed by atoms with Crippen molar-refractivity contribution in [3.63, 3.8) is 0 Å². The van der Waals surface area contributed by atoms with E-state index in [0.29, 0.717) is 18.7 Å². The number of fused-ring (bicyclic) bond motifs is 1. The first-order valence-corrected chi connectivity index (χ1v) is 11.7. The van der Waals surface area contributed by atoms with Crippen LogP contribution in [0.25, 0.3) is 11.1 Å². The number of oxazole rings is 1. The lowest BCUT2D eigenvalue weighted by atomic mass is 9.95. The van der Waals surface area contributed by atoms with Gasteiger partial charge in [-0.3, -0.25) is 9.59 Å². The maximum atomic E-state index is 13.2. The Hall–Kier alpha value is -3.93.